The molecular formula is C21H23N9O3. The van der Waals surface area contributed by atoms with Crippen molar-refractivity contribution >= 4 is 34.7 Å². The molecule has 0 spiro atoms. The van der Waals surface area contributed by atoms with Gasteiger partial charge >= 0.3 is 5.69 Å². The van der Waals surface area contributed by atoms with Crippen molar-refractivity contribution in [3.8, 4) is 5.82 Å². The zero-order valence-corrected chi connectivity index (χ0v) is 17.9. The molecule has 2 aliphatic rings. The third-order valence-corrected chi connectivity index (χ3v) is 5.60. The molecule has 0 bridgehead atoms. The number of aromatic nitrogens is 5. The summed E-state index contributed by atoms with van der Waals surface area (Å²) >= 11 is 0. The van der Waals surface area contributed by atoms with Crippen molar-refractivity contribution in [3.63, 3.8) is 0 Å². The maximum atomic E-state index is 12.8. The minimum atomic E-state index is -2.71. The summed E-state index contributed by atoms with van der Waals surface area (Å²) in [4.78, 5) is 48.1. The Bertz CT molecular complexity index is 1440. The number of nitrogens with zero attached hydrogens (tertiary/aromatic N) is 6. The lowest BCUT2D eigenvalue weighted by Crippen LogP contribution is -2.32. The maximum absolute atomic E-state index is 12.8. The van der Waals surface area contributed by atoms with Gasteiger partial charge in [0.15, 0.2) is 11.6 Å². The van der Waals surface area contributed by atoms with E-state index in [2.05, 4.69) is 25.7 Å². The summed E-state index contributed by atoms with van der Waals surface area (Å²) in [7, 11) is 3.37. The topological polar surface area (TPSA) is 139 Å². The van der Waals surface area contributed by atoms with Crippen LogP contribution in [0.1, 0.15) is 33.1 Å². The number of fused-ring (bicyclic) bond motifs is 3. The number of hydrogen-bond donors (Lipinski definition) is 3. The van der Waals surface area contributed by atoms with E-state index >= 15 is 0 Å². The summed E-state index contributed by atoms with van der Waals surface area (Å²) in [5.41, 5.74) is 0.888. The average Bonchev–Trinajstić information content (AvgIpc) is 3.59. The van der Waals surface area contributed by atoms with Crippen LogP contribution in [0.3, 0.4) is 0 Å². The van der Waals surface area contributed by atoms with E-state index in [1.807, 2.05) is 17.3 Å². The molecule has 12 nitrogen and oxygen atoms in total. The lowest BCUT2D eigenvalue weighted by molar-refractivity contribution is -0.117. The predicted octanol–water partition coefficient (Wildman–Crippen LogP) is 0.762. The maximum Gasteiger partial charge on any atom is 0.351 e. The van der Waals surface area contributed by atoms with Crippen LogP contribution >= 0.6 is 0 Å². The summed E-state index contributed by atoms with van der Waals surface area (Å²) in [5.74, 6) is -0.0122. The molecule has 3 aromatic rings. The molecule has 170 valence electrons. The lowest BCUT2D eigenvalue weighted by Gasteiger charge is -2.29. The first kappa shape index (κ1) is 17.3. The standard InChI is InChI=1S/C21H23N9O3/c1-22-20(32)12-9-24-15(26-19(31)11-4-5-11)8-14(12)25-13-6-7-23-18-17(13)28(2)10-16-27-29(3)21(33)30(16)18/h6-9,11H,4-5,10H2,1-3H3,(H,22,32)(H2,23,24,25,26,31)/i1D3. The van der Waals surface area contributed by atoms with Crippen LogP contribution in [0.2, 0.25) is 0 Å². The van der Waals surface area contributed by atoms with Gasteiger partial charge in [-0.25, -0.2) is 24.0 Å². The molecule has 1 saturated carbocycles. The Balaban J connectivity index is 1.57. The fraction of sp³-hybridized carbons (Fsp3) is 0.333. The number of aryl methyl sites for hydroxylation is 1. The van der Waals surface area contributed by atoms with Crippen molar-refractivity contribution in [2.24, 2.45) is 13.0 Å². The predicted molar refractivity (Wildman–Crippen MR) is 121 cm³/mol. The Hall–Kier alpha value is -4.22. The SMILES string of the molecule is [2H]C([2H])([2H])NC(=O)c1cnc(NC(=O)C2CC2)cc1Nc1ccnc2c1N(C)Cc1nn(C)c(=O)n1-2. The third kappa shape index (κ3) is 3.58. The smallest absolute Gasteiger partial charge is 0.351 e. The second-order valence-corrected chi connectivity index (χ2v) is 8.00. The van der Waals surface area contributed by atoms with E-state index in [-0.39, 0.29) is 34.6 Å². The number of hydrogen-bond acceptors (Lipinski definition) is 8. The van der Waals surface area contributed by atoms with Gasteiger partial charge in [0.05, 0.1) is 23.5 Å². The largest absolute Gasteiger partial charge is 0.362 e. The van der Waals surface area contributed by atoms with Crippen molar-refractivity contribution in [2.75, 3.05) is 29.6 Å². The zero-order valence-electron chi connectivity index (χ0n) is 20.9. The Morgan fingerprint density at radius 3 is 2.79 bits per heavy atom. The molecule has 2 amide bonds. The molecule has 4 heterocycles. The van der Waals surface area contributed by atoms with E-state index in [9.17, 15) is 14.4 Å². The van der Waals surface area contributed by atoms with Crippen molar-refractivity contribution < 1.29 is 13.7 Å². The highest BCUT2D eigenvalue weighted by Gasteiger charge is 2.30. The van der Waals surface area contributed by atoms with E-state index in [0.29, 0.717) is 29.6 Å². The lowest BCUT2D eigenvalue weighted by atomic mass is 10.1. The summed E-state index contributed by atoms with van der Waals surface area (Å²) in [6.45, 7) is -2.38. The van der Waals surface area contributed by atoms with Crippen LogP contribution in [0, 0.1) is 5.92 Å². The van der Waals surface area contributed by atoms with Crippen LogP contribution in [-0.2, 0) is 18.4 Å². The quantitative estimate of drug-likeness (QED) is 0.516. The van der Waals surface area contributed by atoms with E-state index in [1.54, 1.807) is 13.1 Å². The van der Waals surface area contributed by atoms with E-state index in [0.717, 1.165) is 12.8 Å². The molecule has 3 aromatic heterocycles. The van der Waals surface area contributed by atoms with Gasteiger partial charge in [-0.05, 0) is 18.9 Å². The number of carbonyl (C=O) groups is 2. The first-order valence-electron chi connectivity index (χ1n) is 11.8. The molecule has 1 aliphatic heterocycles. The highest BCUT2D eigenvalue weighted by molar-refractivity contribution is 6.02. The molecule has 0 unspecified atom stereocenters. The fourth-order valence-electron chi connectivity index (χ4n) is 3.80. The molecule has 0 saturated heterocycles. The third-order valence-electron chi connectivity index (χ3n) is 5.60. The molecular weight excluding hydrogens is 426 g/mol. The summed E-state index contributed by atoms with van der Waals surface area (Å²) in [6, 6.07) is 3.13. The Morgan fingerprint density at radius 1 is 1.21 bits per heavy atom. The van der Waals surface area contributed by atoms with Gasteiger partial charge < -0.3 is 20.9 Å². The number of nitrogens with one attached hydrogen (secondary N) is 3. The van der Waals surface area contributed by atoms with Gasteiger partial charge in [-0.2, -0.15) is 5.10 Å². The second-order valence-electron chi connectivity index (χ2n) is 8.00. The van der Waals surface area contributed by atoms with Gasteiger partial charge in [-0.3, -0.25) is 9.59 Å². The molecule has 0 atom stereocenters. The molecule has 3 N–H and O–H groups in total. The fourth-order valence-corrected chi connectivity index (χ4v) is 3.80. The van der Waals surface area contributed by atoms with Crippen molar-refractivity contribution in [1.82, 2.24) is 29.6 Å². The van der Waals surface area contributed by atoms with E-state index in [4.69, 9.17) is 4.11 Å². The highest BCUT2D eigenvalue weighted by Crippen LogP contribution is 2.37. The molecule has 1 fully saturated rings. The second kappa shape index (κ2) is 7.73. The number of pyridine rings is 2. The molecule has 1 aliphatic carbocycles. The van der Waals surface area contributed by atoms with Gasteiger partial charge in [-0.15, -0.1) is 0 Å². The Morgan fingerprint density at radius 2 is 2.03 bits per heavy atom. The summed E-state index contributed by atoms with van der Waals surface area (Å²) in [5, 5.41) is 12.1. The molecule has 5 rings (SSSR count). The summed E-state index contributed by atoms with van der Waals surface area (Å²) < 4.78 is 24.8. The highest BCUT2D eigenvalue weighted by atomic mass is 16.2. The van der Waals surface area contributed by atoms with E-state index in [1.165, 1.54) is 27.7 Å². The molecule has 33 heavy (non-hydrogen) atoms. The van der Waals surface area contributed by atoms with Crippen molar-refractivity contribution in [1.29, 1.82) is 0 Å². The van der Waals surface area contributed by atoms with Gasteiger partial charge in [-0.1, -0.05) is 0 Å². The first-order chi connectivity index (χ1) is 17.0. The molecule has 12 heteroatoms. The first-order valence-corrected chi connectivity index (χ1v) is 10.3. The number of rotatable bonds is 5. The van der Waals surface area contributed by atoms with Crippen LogP contribution in [0.25, 0.3) is 5.82 Å². The molecule has 0 aromatic carbocycles. The average molecular weight is 452 g/mol. The van der Waals surface area contributed by atoms with Crippen LogP contribution in [0.5, 0.6) is 0 Å². The van der Waals surface area contributed by atoms with Crippen LogP contribution in [0.15, 0.2) is 29.3 Å². The minimum Gasteiger partial charge on any atom is -0.362 e. The van der Waals surface area contributed by atoms with Gasteiger partial charge in [0.2, 0.25) is 5.91 Å². The summed E-state index contributed by atoms with van der Waals surface area (Å²) in [6.07, 6.45) is 4.32. The number of anilines is 4. The monoisotopic (exact) mass is 452 g/mol. The Kier molecular flexibility index (Phi) is 4.06. The van der Waals surface area contributed by atoms with Crippen molar-refractivity contribution in [2.45, 2.75) is 19.4 Å². The van der Waals surface area contributed by atoms with Crippen LogP contribution in [0.4, 0.5) is 22.9 Å². The normalized spacial score (nSPS) is 16.1. The minimum absolute atomic E-state index is 0.0428. The number of amides is 2. The number of carbonyl (C=O) groups excluding carboxylic acids is 2. The van der Waals surface area contributed by atoms with Gasteiger partial charge in [0.1, 0.15) is 11.5 Å². The zero-order chi connectivity index (χ0) is 25.8. The van der Waals surface area contributed by atoms with Gasteiger partial charge in [0.25, 0.3) is 5.91 Å². The van der Waals surface area contributed by atoms with Gasteiger partial charge in [0, 0.05) is 49.6 Å². The van der Waals surface area contributed by atoms with E-state index < -0.39 is 12.9 Å². The van der Waals surface area contributed by atoms with Crippen molar-refractivity contribution in [3.05, 3.63) is 46.4 Å². The van der Waals surface area contributed by atoms with Crippen LogP contribution < -0.4 is 26.5 Å². The van der Waals surface area contributed by atoms with Crippen LogP contribution in [-0.4, -0.2) is 50.2 Å². The molecule has 0 radical (unpaired) electrons. The Labute approximate surface area is 192 Å².